The van der Waals surface area contributed by atoms with Crippen LogP contribution in [0.5, 0.6) is 11.5 Å². The van der Waals surface area contributed by atoms with Crippen molar-refractivity contribution in [3.05, 3.63) is 77.6 Å². The van der Waals surface area contributed by atoms with E-state index in [2.05, 4.69) is 15.6 Å². The van der Waals surface area contributed by atoms with Crippen molar-refractivity contribution >= 4 is 23.2 Å². The normalized spacial score (nSPS) is 10.2. The van der Waals surface area contributed by atoms with Crippen molar-refractivity contribution in [2.75, 3.05) is 24.9 Å². The van der Waals surface area contributed by atoms with Gasteiger partial charge in [-0.3, -0.25) is 9.59 Å². The zero-order valence-electron chi connectivity index (χ0n) is 16.4. The summed E-state index contributed by atoms with van der Waals surface area (Å²) in [5, 5.41) is 5.55. The van der Waals surface area contributed by atoms with Crippen molar-refractivity contribution in [2.24, 2.45) is 0 Å². The largest absolute Gasteiger partial charge is 0.497 e. The topological polar surface area (TPSA) is 89.5 Å². The second-order valence-electron chi connectivity index (χ2n) is 6.20. The molecule has 0 bridgehead atoms. The summed E-state index contributed by atoms with van der Waals surface area (Å²) in [4.78, 5) is 29.4. The highest BCUT2D eigenvalue weighted by Crippen LogP contribution is 2.29. The third-order valence-electron chi connectivity index (χ3n) is 4.26. The summed E-state index contributed by atoms with van der Waals surface area (Å²) >= 11 is 0. The van der Waals surface area contributed by atoms with Gasteiger partial charge in [0.1, 0.15) is 22.9 Å². The molecule has 0 unspecified atom stereocenters. The maximum Gasteiger partial charge on any atom is 0.274 e. The SMILES string of the molecule is COc1ccc(NC(=O)c2cccc(C(=O)Nc3ccccc3C)n2)c(OC)c1. The zero-order chi connectivity index (χ0) is 20.8. The van der Waals surface area contributed by atoms with Crippen LogP contribution in [0.1, 0.15) is 26.5 Å². The molecular formula is C22H21N3O4. The molecule has 0 radical (unpaired) electrons. The lowest BCUT2D eigenvalue weighted by molar-refractivity contribution is 0.101. The van der Waals surface area contributed by atoms with Gasteiger partial charge in [-0.15, -0.1) is 0 Å². The second-order valence-corrected chi connectivity index (χ2v) is 6.20. The molecule has 2 amide bonds. The van der Waals surface area contributed by atoms with E-state index in [0.29, 0.717) is 22.9 Å². The molecule has 7 heteroatoms. The van der Waals surface area contributed by atoms with Crippen LogP contribution in [-0.4, -0.2) is 31.0 Å². The summed E-state index contributed by atoms with van der Waals surface area (Å²) in [6.45, 7) is 1.90. The maximum absolute atomic E-state index is 12.6. The quantitative estimate of drug-likeness (QED) is 0.665. The molecule has 0 spiro atoms. The molecule has 0 saturated heterocycles. The van der Waals surface area contributed by atoms with E-state index in [1.807, 2.05) is 25.1 Å². The average Bonchev–Trinajstić information content (AvgIpc) is 2.75. The molecule has 2 N–H and O–H groups in total. The molecule has 2 aromatic carbocycles. The first kappa shape index (κ1) is 19.9. The van der Waals surface area contributed by atoms with E-state index in [9.17, 15) is 9.59 Å². The Kier molecular flexibility index (Phi) is 6.09. The number of aryl methyl sites for hydroxylation is 1. The van der Waals surface area contributed by atoms with Crippen LogP contribution in [0.3, 0.4) is 0 Å². The summed E-state index contributed by atoms with van der Waals surface area (Å²) in [6, 6.07) is 17.2. The van der Waals surface area contributed by atoms with Gasteiger partial charge in [-0.2, -0.15) is 0 Å². The van der Waals surface area contributed by atoms with Crippen LogP contribution >= 0.6 is 0 Å². The Bertz CT molecular complexity index is 1050. The number of hydrogen-bond acceptors (Lipinski definition) is 5. The minimum atomic E-state index is -0.459. The molecule has 3 aromatic rings. The van der Waals surface area contributed by atoms with E-state index in [-0.39, 0.29) is 11.4 Å². The molecule has 1 aromatic heterocycles. The van der Waals surface area contributed by atoms with Crippen LogP contribution in [0.4, 0.5) is 11.4 Å². The fourth-order valence-electron chi connectivity index (χ4n) is 2.68. The molecule has 0 atom stereocenters. The molecule has 7 nitrogen and oxygen atoms in total. The number of nitrogens with one attached hydrogen (secondary N) is 2. The Morgan fingerprint density at radius 2 is 1.45 bits per heavy atom. The first-order chi connectivity index (χ1) is 14.0. The van der Waals surface area contributed by atoms with E-state index in [1.165, 1.54) is 13.2 Å². The van der Waals surface area contributed by atoms with Gasteiger partial charge >= 0.3 is 0 Å². The van der Waals surface area contributed by atoms with Gasteiger partial charge in [-0.05, 0) is 42.8 Å². The Morgan fingerprint density at radius 1 is 0.793 bits per heavy atom. The van der Waals surface area contributed by atoms with Crippen molar-refractivity contribution in [3.63, 3.8) is 0 Å². The molecule has 0 aliphatic carbocycles. The number of para-hydroxylation sites is 1. The van der Waals surface area contributed by atoms with E-state index in [1.54, 1.807) is 43.5 Å². The van der Waals surface area contributed by atoms with Gasteiger partial charge in [0.2, 0.25) is 0 Å². The van der Waals surface area contributed by atoms with Crippen molar-refractivity contribution in [2.45, 2.75) is 6.92 Å². The monoisotopic (exact) mass is 391 g/mol. The van der Waals surface area contributed by atoms with Crippen molar-refractivity contribution < 1.29 is 19.1 Å². The van der Waals surface area contributed by atoms with Gasteiger partial charge in [-0.25, -0.2) is 4.98 Å². The number of methoxy groups -OCH3 is 2. The van der Waals surface area contributed by atoms with Crippen LogP contribution in [0.15, 0.2) is 60.7 Å². The minimum Gasteiger partial charge on any atom is -0.497 e. The van der Waals surface area contributed by atoms with Gasteiger partial charge in [0.05, 0.1) is 19.9 Å². The number of amides is 2. The van der Waals surface area contributed by atoms with Crippen LogP contribution in [0.25, 0.3) is 0 Å². The number of hydrogen-bond donors (Lipinski definition) is 2. The molecule has 148 valence electrons. The number of carbonyl (C=O) groups excluding carboxylic acids is 2. The van der Waals surface area contributed by atoms with Gasteiger partial charge in [0, 0.05) is 11.8 Å². The van der Waals surface area contributed by atoms with E-state index < -0.39 is 11.8 Å². The summed E-state index contributed by atoms with van der Waals surface area (Å²) in [5.41, 5.74) is 2.34. The maximum atomic E-state index is 12.6. The predicted octanol–water partition coefficient (Wildman–Crippen LogP) is 3.91. The predicted molar refractivity (Wildman–Crippen MR) is 111 cm³/mol. The molecule has 0 fully saturated rings. The highest BCUT2D eigenvalue weighted by atomic mass is 16.5. The first-order valence-corrected chi connectivity index (χ1v) is 8.89. The Labute approximate surface area is 168 Å². The lowest BCUT2D eigenvalue weighted by Crippen LogP contribution is -2.19. The molecule has 1 heterocycles. The molecule has 0 saturated carbocycles. The number of nitrogens with zero attached hydrogens (tertiary/aromatic N) is 1. The summed E-state index contributed by atoms with van der Waals surface area (Å²) in [6.07, 6.45) is 0. The van der Waals surface area contributed by atoms with Gasteiger partial charge in [0.25, 0.3) is 11.8 Å². The van der Waals surface area contributed by atoms with Crippen molar-refractivity contribution in [1.29, 1.82) is 0 Å². The first-order valence-electron chi connectivity index (χ1n) is 8.89. The molecule has 3 rings (SSSR count). The number of aromatic nitrogens is 1. The van der Waals surface area contributed by atoms with Gasteiger partial charge < -0.3 is 20.1 Å². The van der Waals surface area contributed by atoms with Crippen molar-refractivity contribution in [1.82, 2.24) is 4.98 Å². The minimum absolute atomic E-state index is 0.111. The molecule has 0 aliphatic rings. The highest BCUT2D eigenvalue weighted by molar-refractivity contribution is 6.06. The Hall–Kier alpha value is -3.87. The summed E-state index contributed by atoms with van der Waals surface area (Å²) in [7, 11) is 3.05. The van der Waals surface area contributed by atoms with E-state index in [0.717, 1.165) is 5.56 Å². The lowest BCUT2D eigenvalue weighted by Gasteiger charge is -2.12. The number of rotatable bonds is 6. The van der Waals surface area contributed by atoms with Crippen LogP contribution in [0.2, 0.25) is 0 Å². The number of pyridine rings is 1. The lowest BCUT2D eigenvalue weighted by atomic mass is 10.2. The number of carbonyl (C=O) groups is 2. The Morgan fingerprint density at radius 3 is 2.07 bits per heavy atom. The van der Waals surface area contributed by atoms with E-state index in [4.69, 9.17) is 9.47 Å². The standard InChI is InChI=1S/C22H21N3O4/c1-14-7-4-5-8-16(14)24-21(26)18-9-6-10-19(23-18)22(27)25-17-12-11-15(28-2)13-20(17)29-3/h4-13H,1-3H3,(H,24,26)(H,25,27). The van der Waals surface area contributed by atoms with Crippen LogP contribution in [-0.2, 0) is 0 Å². The number of anilines is 2. The molecule has 29 heavy (non-hydrogen) atoms. The number of ether oxygens (including phenoxy) is 2. The summed E-state index contributed by atoms with van der Waals surface area (Å²) < 4.78 is 10.4. The van der Waals surface area contributed by atoms with Crippen LogP contribution in [0, 0.1) is 6.92 Å². The molecular weight excluding hydrogens is 370 g/mol. The fraction of sp³-hybridized carbons (Fsp3) is 0.136. The third-order valence-corrected chi connectivity index (χ3v) is 4.26. The summed E-state index contributed by atoms with van der Waals surface area (Å²) in [5.74, 6) is 0.203. The Balaban J connectivity index is 1.78. The van der Waals surface area contributed by atoms with Crippen molar-refractivity contribution in [3.8, 4) is 11.5 Å². The fourth-order valence-corrected chi connectivity index (χ4v) is 2.68. The second kappa shape index (κ2) is 8.88. The van der Waals surface area contributed by atoms with E-state index >= 15 is 0 Å². The van der Waals surface area contributed by atoms with Crippen LogP contribution < -0.4 is 20.1 Å². The average molecular weight is 391 g/mol. The zero-order valence-corrected chi connectivity index (χ0v) is 16.4. The molecule has 0 aliphatic heterocycles. The van der Waals surface area contributed by atoms with Gasteiger partial charge in [-0.1, -0.05) is 24.3 Å². The number of benzene rings is 2. The highest BCUT2D eigenvalue weighted by Gasteiger charge is 2.15. The smallest absolute Gasteiger partial charge is 0.274 e. The third kappa shape index (κ3) is 4.70. The van der Waals surface area contributed by atoms with Gasteiger partial charge in [0.15, 0.2) is 0 Å².